The third-order valence-electron chi connectivity index (χ3n) is 5.22. The molecule has 1 saturated heterocycles. The van der Waals surface area contributed by atoms with E-state index >= 15 is 0 Å². The highest BCUT2D eigenvalue weighted by atomic mass is 16.6. The fraction of sp³-hybridized carbons (Fsp3) is 0.909. The highest BCUT2D eigenvalue weighted by molar-refractivity contribution is 4.88. The van der Waals surface area contributed by atoms with Crippen molar-refractivity contribution < 1.29 is 24.8 Å². The second-order valence-corrected chi connectivity index (χ2v) is 7.68. The monoisotopic (exact) mass is 386 g/mol. The molecule has 1 fully saturated rings. The summed E-state index contributed by atoms with van der Waals surface area (Å²) in [5.74, 6) is 0. The van der Waals surface area contributed by atoms with Crippen LogP contribution in [0, 0.1) is 0 Å². The summed E-state index contributed by atoms with van der Waals surface area (Å²) >= 11 is 0. The first-order valence-corrected chi connectivity index (χ1v) is 11.1. The lowest BCUT2D eigenvalue weighted by molar-refractivity contribution is -0.101. The first kappa shape index (κ1) is 24.6. The minimum Gasteiger partial charge on any atom is -0.394 e. The summed E-state index contributed by atoms with van der Waals surface area (Å²) in [5.41, 5.74) is 0. The van der Waals surface area contributed by atoms with E-state index in [-0.39, 0.29) is 13.2 Å². The minimum absolute atomic E-state index is 0.0970. The van der Waals surface area contributed by atoms with Gasteiger partial charge in [0.15, 0.2) is 0 Å². The molecule has 1 rings (SSSR count). The number of ether oxygens (including phenoxy) is 2. The van der Waals surface area contributed by atoms with Gasteiger partial charge in [0.2, 0.25) is 0 Å². The van der Waals surface area contributed by atoms with Crippen LogP contribution in [0.5, 0.6) is 0 Å². The van der Waals surface area contributed by atoms with Crippen molar-refractivity contribution in [2.24, 2.45) is 0 Å². The molecule has 1 aliphatic heterocycles. The van der Waals surface area contributed by atoms with E-state index in [0.29, 0.717) is 6.61 Å². The van der Waals surface area contributed by atoms with Crippen molar-refractivity contribution in [2.75, 3.05) is 19.8 Å². The van der Waals surface area contributed by atoms with Crippen LogP contribution in [0.2, 0.25) is 0 Å². The summed E-state index contributed by atoms with van der Waals surface area (Å²) in [5, 5.41) is 28.7. The van der Waals surface area contributed by atoms with Gasteiger partial charge in [-0.3, -0.25) is 0 Å². The van der Waals surface area contributed by atoms with Gasteiger partial charge >= 0.3 is 0 Å². The van der Waals surface area contributed by atoms with E-state index in [0.717, 1.165) is 12.8 Å². The van der Waals surface area contributed by atoms with Gasteiger partial charge in [-0.2, -0.15) is 0 Å². The van der Waals surface area contributed by atoms with E-state index in [1.54, 1.807) is 0 Å². The van der Waals surface area contributed by atoms with E-state index < -0.39 is 24.4 Å². The molecule has 0 radical (unpaired) electrons. The lowest BCUT2D eigenvalue weighted by Gasteiger charge is -2.24. The highest BCUT2D eigenvalue weighted by Crippen LogP contribution is 2.20. The van der Waals surface area contributed by atoms with Gasteiger partial charge in [-0.05, 0) is 32.1 Å². The van der Waals surface area contributed by atoms with Crippen LogP contribution >= 0.6 is 0 Å². The number of rotatable bonds is 17. The molecule has 160 valence electrons. The van der Waals surface area contributed by atoms with Crippen LogP contribution in [0.4, 0.5) is 0 Å². The maximum atomic E-state index is 9.81. The number of aliphatic hydroxyl groups excluding tert-OH is 3. The Morgan fingerprint density at radius 3 is 2.07 bits per heavy atom. The largest absolute Gasteiger partial charge is 0.394 e. The number of hydrogen-bond acceptors (Lipinski definition) is 5. The van der Waals surface area contributed by atoms with Crippen molar-refractivity contribution in [2.45, 2.75) is 108 Å². The first-order chi connectivity index (χ1) is 13.2. The SMILES string of the molecule is CCCCCC/C=C/CCCCCCCCO[C@H](CO)[C@H]1OC[C@H](O)[C@H]1O. The Balaban J connectivity index is 1.89. The van der Waals surface area contributed by atoms with Crippen LogP contribution in [0.1, 0.15) is 84.0 Å². The van der Waals surface area contributed by atoms with E-state index in [1.807, 2.05) is 0 Å². The third-order valence-corrected chi connectivity index (χ3v) is 5.22. The maximum absolute atomic E-state index is 9.81. The molecule has 0 unspecified atom stereocenters. The van der Waals surface area contributed by atoms with Crippen molar-refractivity contribution in [3.8, 4) is 0 Å². The Kier molecular flexibility index (Phi) is 15.0. The molecule has 5 nitrogen and oxygen atoms in total. The summed E-state index contributed by atoms with van der Waals surface area (Å²) in [6, 6.07) is 0. The van der Waals surface area contributed by atoms with Crippen molar-refractivity contribution in [1.82, 2.24) is 0 Å². The Labute approximate surface area is 165 Å². The predicted octanol–water partition coefficient (Wildman–Crippen LogP) is 3.74. The third kappa shape index (κ3) is 11.2. The Morgan fingerprint density at radius 2 is 1.52 bits per heavy atom. The number of aliphatic hydroxyl groups is 3. The average molecular weight is 387 g/mol. The lowest BCUT2D eigenvalue weighted by Crippen LogP contribution is -2.42. The maximum Gasteiger partial charge on any atom is 0.114 e. The molecular formula is C22H42O5. The molecule has 0 bridgehead atoms. The molecule has 0 spiro atoms. The fourth-order valence-electron chi connectivity index (χ4n) is 3.44. The topological polar surface area (TPSA) is 79.2 Å². The van der Waals surface area contributed by atoms with E-state index in [1.165, 1.54) is 64.2 Å². The molecule has 0 aromatic carbocycles. The fourth-order valence-corrected chi connectivity index (χ4v) is 3.44. The van der Waals surface area contributed by atoms with Gasteiger partial charge in [0.05, 0.1) is 13.2 Å². The van der Waals surface area contributed by atoms with Crippen LogP contribution in [0.25, 0.3) is 0 Å². The van der Waals surface area contributed by atoms with E-state index in [4.69, 9.17) is 9.47 Å². The normalized spacial score (nSPS) is 24.1. The van der Waals surface area contributed by atoms with Crippen molar-refractivity contribution in [3.63, 3.8) is 0 Å². The predicted molar refractivity (Wildman–Crippen MR) is 109 cm³/mol. The standard InChI is InChI=1S/C22H42O5/c1-2-3-4-5-6-7-8-9-10-11-12-13-14-15-16-26-20(17-23)22-21(25)19(24)18-27-22/h7-8,19-25H,2-6,9-18H2,1H3/b8-7+/t19-,20+,21+,22+/m0/s1. The van der Waals surface area contributed by atoms with E-state index in [2.05, 4.69) is 19.1 Å². The lowest BCUT2D eigenvalue weighted by atomic mass is 10.1. The summed E-state index contributed by atoms with van der Waals surface area (Å²) in [6.45, 7) is 2.69. The molecule has 4 atom stereocenters. The van der Waals surface area contributed by atoms with Crippen LogP contribution < -0.4 is 0 Å². The first-order valence-electron chi connectivity index (χ1n) is 11.1. The molecule has 0 aliphatic carbocycles. The zero-order chi connectivity index (χ0) is 19.7. The molecule has 1 heterocycles. The smallest absolute Gasteiger partial charge is 0.114 e. The van der Waals surface area contributed by atoms with Crippen molar-refractivity contribution >= 4 is 0 Å². The summed E-state index contributed by atoms with van der Waals surface area (Å²) < 4.78 is 11.0. The Morgan fingerprint density at radius 1 is 0.926 bits per heavy atom. The zero-order valence-corrected chi connectivity index (χ0v) is 17.2. The van der Waals surface area contributed by atoms with Crippen LogP contribution in [-0.2, 0) is 9.47 Å². The molecular weight excluding hydrogens is 344 g/mol. The average Bonchev–Trinajstić information content (AvgIpc) is 3.00. The summed E-state index contributed by atoms with van der Waals surface area (Å²) in [7, 11) is 0. The van der Waals surface area contributed by atoms with Crippen molar-refractivity contribution in [3.05, 3.63) is 12.2 Å². The molecule has 0 saturated carbocycles. The molecule has 0 aromatic rings. The van der Waals surface area contributed by atoms with Crippen LogP contribution in [0.15, 0.2) is 12.2 Å². The molecule has 27 heavy (non-hydrogen) atoms. The van der Waals surface area contributed by atoms with Gasteiger partial charge in [-0.25, -0.2) is 0 Å². The van der Waals surface area contributed by atoms with Gasteiger partial charge in [-0.15, -0.1) is 0 Å². The Hall–Kier alpha value is -0.460. The van der Waals surface area contributed by atoms with Gasteiger partial charge < -0.3 is 24.8 Å². The van der Waals surface area contributed by atoms with E-state index in [9.17, 15) is 15.3 Å². The van der Waals surface area contributed by atoms with Gasteiger partial charge in [0.25, 0.3) is 0 Å². The molecule has 3 N–H and O–H groups in total. The quantitative estimate of drug-likeness (QED) is 0.262. The highest BCUT2D eigenvalue weighted by Gasteiger charge is 2.40. The minimum atomic E-state index is -0.979. The Bertz CT molecular complexity index is 361. The summed E-state index contributed by atoms with van der Waals surface area (Å²) in [4.78, 5) is 0. The molecule has 0 amide bonds. The molecule has 1 aliphatic rings. The van der Waals surface area contributed by atoms with Gasteiger partial charge in [0.1, 0.15) is 24.4 Å². The van der Waals surface area contributed by atoms with Gasteiger partial charge in [-0.1, -0.05) is 64.0 Å². The second-order valence-electron chi connectivity index (χ2n) is 7.68. The van der Waals surface area contributed by atoms with Crippen molar-refractivity contribution in [1.29, 1.82) is 0 Å². The van der Waals surface area contributed by atoms with Crippen LogP contribution in [-0.4, -0.2) is 59.6 Å². The molecule has 5 heteroatoms. The summed E-state index contributed by atoms with van der Waals surface area (Å²) in [6.07, 6.45) is 16.5. The number of unbranched alkanes of at least 4 members (excludes halogenated alkanes) is 10. The number of allylic oxidation sites excluding steroid dienone is 2. The number of hydrogen-bond donors (Lipinski definition) is 3. The molecule has 0 aromatic heterocycles. The van der Waals surface area contributed by atoms with Crippen LogP contribution in [0.3, 0.4) is 0 Å². The van der Waals surface area contributed by atoms with Gasteiger partial charge in [0, 0.05) is 6.61 Å². The zero-order valence-electron chi connectivity index (χ0n) is 17.2. The second kappa shape index (κ2) is 16.5.